The van der Waals surface area contributed by atoms with Crippen LogP contribution in [-0.2, 0) is 16.0 Å². The highest BCUT2D eigenvalue weighted by molar-refractivity contribution is 5.74. The van der Waals surface area contributed by atoms with E-state index in [1.165, 1.54) is 6.07 Å². The quantitative estimate of drug-likeness (QED) is 0.771. The lowest BCUT2D eigenvalue weighted by Crippen LogP contribution is -2.11. The number of nitriles is 1. The molecule has 0 fully saturated rings. The van der Waals surface area contributed by atoms with Crippen LogP contribution in [-0.4, -0.2) is 19.2 Å². The van der Waals surface area contributed by atoms with E-state index in [4.69, 9.17) is 10.00 Å². The zero-order valence-corrected chi connectivity index (χ0v) is 10.6. The number of halogens is 2. The third kappa shape index (κ3) is 4.21. The highest BCUT2D eigenvalue weighted by atomic mass is 19.3. The molecule has 1 aromatic carbocycles. The van der Waals surface area contributed by atoms with Crippen LogP contribution in [0.2, 0.25) is 0 Å². The van der Waals surface area contributed by atoms with Gasteiger partial charge in [-0.1, -0.05) is 6.07 Å². The zero-order chi connectivity index (χ0) is 14.4. The van der Waals surface area contributed by atoms with E-state index in [9.17, 15) is 13.6 Å². The molecule has 0 heterocycles. The zero-order valence-electron chi connectivity index (χ0n) is 10.6. The first-order chi connectivity index (χ1) is 8.97. The van der Waals surface area contributed by atoms with Gasteiger partial charge in [0.05, 0.1) is 18.6 Å². The number of alkyl halides is 2. The Balaban J connectivity index is 3.13. The second-order valence-electron chi connectivity index (χ2n) is 3.77. The summed E-state index contributed by atoms with van der Waals surface area (Å²) in [5, 5.41) is 9.02. The monoisotopic (exact) mass is 269 g/mol. The average Bonchev–Trinajstić information content (AvgIpc) is 2.27. The van der Waals surface area contributed by atoms with Crippen LogP contribution in [0.15, 0.2) is 12.1 Å². The number of hydrogen-bond donors (Lipinski definition) is 0. The van der Waals surface area contributed by atoms with E-state index < -0.39 is 12.6 Å². The Labute approximate surface area is 109 Å². The largest absolute Gasteiger partial charge is 0.466 e. The molecule has 0 aliphatic heterocycles. The van der Waals surface area contributed by atoms with Gasteiger partial charge in [-0.05, 0) is 31.0 Å². The van der Waals surface area contributed by atoms with E-state index in [-0.39, 0.29) is 24.3 Å². The Morgan fingerprint density at radius 3 is 2.68 bits per heavy atom. The fourth-order valence-corrected chi connectivity index (χ4v) is 1.65. The molecule has 0 amide bonds. The average molecular weight is 269 g/mol. The Morgan fingerprint density at radius 2 is 2.16 bits per heavy atom. The minimum Gasteiger partial charge on any atom is -0.466 e. The first-order valence-electron chi connectivity index (χ1n) is 5.62. The van der Waals surface area contributed by atoms with E-state index in [0.29, 0.717) is 11.1 Å². The fourth-order valence-electron chi connectivity index (χ4n) is 1.65. The molecule has 0 bridgehead atoms. The van der Waals surface area contributed by atoms with Crippen molar-refractivity contribution in [3.63, 3.8) is 0 Å². The number of aryl methyl sites for hydroxylation is 1. The molecule has 6 heteroatoms. The van der Waals surface area contributed by atoms with Crippen LogP contribution < -0.4 is 4.74 Å². The number of ether oxygens (including phenoxy) is 2. The predicted molar refractivity (Wildman–Crippen MR) is 62.9 cm³/mol. The van der Waals surface area contributed by atoms with Gasteiger partial charge in [-0.3, -0.25) is 4.79 Å². The van der Waals surface area contributed by atoms with Crippen molar-refractivity contribution in [2.45, 2.75) is 26.9 Å². The molecule has 0 radical (unpaired) electrons. The second kappa shape index (κ2) is 6.69. The van der Waals surface area contributed by atoms with Gasteiger partial charge in [0.15, 0.2) is 0 Å². The van der Waals surface area contributed by atoms with Crippen molar-refractivity contribution in [3.8, 4) is 11.8 Å². The summed E-state index contributed by atoms with van der Waals surface area (Å²) in [7, 11) is 0. The summed E-state index contributed by atoms with van der Waals surface area (Å²) in [4.78, 5) is 11.4. The van der Waals surface area contributed by atoms with Crippen molar-refractivity contribution >= 4 is 5.97 Å². The van der Waals surface area contributed by atoms with Gasteiger partial charge in [-0.2, -0.15) is 14.0 Å². The maximum atomic E-state index is 12.3. The Kier molecular flexibility index (Phi) is 5.24. The number of hydrogen-bond acceptors (Lipinski definition) is 4. The molecule has 4 nitrogen and oxygen atoms in total. The van der Waals surface area contributed by atoms with Crippen LogP contribution in [0.25, 0.3) is 0 Å². The van der Waals surface area contributed by atoms with Crippen LogP contribution in [0.1, 0.15) is 23.6 Å². The molecule has 0 aliphatic rings. The first kappa shape index (κ1) is 14.9. The van der Waals surface area contributed by atoms with Crippen molar-refractivity contribution < 1.29 is 23.0 Å². The van der Waals surface area contributed by atoms with Crippen molar-refractivity contribution in [3.05, 3.63) is 28.8 Å². The van der Waals surface area contributed by atoms with Crippen LogP contribution in [0, 0.1) is 18.3 Å². The second-order valence-corrected chi connectivity index (χ2v) is 3.77. The van der Waals surface area contributed by atoms with E-state index in [1.807, 2.05) is 0 Å². The highest BCUT2D eigenvalue weighted by Crippen LogP contribution is 2.26. The summed E-state index contributed by atoms with van der Waals surface area (Å²) < 4.78 is 33.6. The fraction of sp³-hybridized carbons (Fsp3) is 0.385. The molecule has 0 unspecified atom stereocenters. The Bertz CT molecular complexity index is 509. The summed E-state index contributed by atoms with van der Waals surface area (Å²) in [6.45, 7) is 0.510. The number of esters is 1. The summed E-state index contributed by atoms with van der Waals surface area (Å²) in [5.74, 6) is -0.746. The molecule has 0 atom stereocenters. The number of nitrogens with zero attached hydrogens (tertiary/aromatic N) is 1. The van der Waals surface area contributed by atoms with Crippen molar-refractivity contribution in [1.82, 2.24) is 0 Å². The van der Waals surface area contributed by atoms with Crippen molar-refractivity contribution in [2.24, 2.45) is 0 Å². The molecule has 102 valence electrons. The van der Waals surface area contributed by atoms with Crippen LogP contribution in [0.4, 0.5) is 8.78 Å². The molecule has 19 heavy (non-hydrogen) atoms. The molecule has 0 aliphatic carbocycles. The van der Waals surface area contributed by atoms with E-state index in [2.05, 4.69) is 4.74 Å². The van der Waals surface area contributed by atoms with Gasteiger partial charge in [0.25, 0.3) is 0 Å². The van der Waals surface area contributed by atoms with Crippen LogP contribution >= 0.6 is 0 Å². The lowest BCUT2D eigenvalue weighted by molar-refractivity contribution is -0.142. The molecular weight excluding hydrogens is 256 g/mol. The van der Waals surface area contributed by atoms with Gasteiger partial charge in [-0.25, -0.2) is 0 Å². The lowest BCUT2D eigenvalue weighted by Gasteiger charge is -2.11. The van der Waals surface area contributed by atoms with E-state index in [0.717, 1.165) is 0 Å². The first-order valence-corrected chi connectivity index (χ1v) is 5.62. The van der Waals surface area contributed by atoms with Crippen molar-refractivity contribution in [2.75, 3.05) is 6.61 Å². The topological polar surface area (TPSA) is 59.3 Å². The van der Waals surface area contributed by atoms with Crippen molar-refractivity contribution in [1.29, 1.82) is 5.26 Å². The van der Waals surface area contributed by atoms with Gasteiger partial charge in [0.1, 0.15) is 11.8 Å². The Hall–Kier alpha value is -2.16. The molecule has 0 saturated carbocycles. The Morgan fingerprint density at radius 1 is 1.47 bits per heavy atom. The molecule has 0 aromatic heterocycles. The van der Waals surface area contributed by atoms with E-state index >= 15 is 0 Å². The normalized spacial score (nSPS) is 10.1. The molecule has 1 aromatic rings. The highest BCUT2D eigenvalue weighted by Gasteiger charge is 2.17. The van der Waals surface area contributed by atoms with Gasteiger partial charge in [-0.15, -0.1) is 0 Å². The molecule has 0 spiro atoms. The molecular formula is C13H13F2NO3. The smallest absolute Gasteiger partial charge is 0.387 e. The maximum absolute atomic E-state index is 12.3. The predicted octanol–water partition coefficient (Wildman–Crippen LogP) is 2.57. The number of benzene rings is 1. The number of carbonyl (C=O) groups excluding carboxylic acids is 1. The third-order valence-corrected chi connectivity index (χ3v) is 2.30. The molecule has 0 N–H and O–H groups in total. The van der Waals surface area contributed by atoms with Crippen LogP contribution in [0.5, 0.6) is 5.75 Å². The molecule has 0 saturated heterocycles. The van der Waals surface area contributed by atoms with Gasteiger partial charge in [0.2, 0.25) is 0 Å². The minimum absolute atomic E-state index is 0.0704. The van der Waals surface area contributed by atoms with E-state index in [1.54, 1.807) is 26.0 Å². The standard InChI is InChI=1S/C13H13F2NO3/c1-3-18-12(17)6-9-4-8(2)5-11(10(9)7-16)19-13(14)15/h4-5,13H,3,6H2,1-2H3. The van der Waals surface area contributed by atoms with Gasteiger partial charge >= 0.3 is 12.6 Å². The SMILES string of the molecule is CCOC(=O)Cc1cc(C)cc(OC(F)F)c1C#N. The van der Waals surface area contributed by atoms with Crippen LogP contribution in [0.3, 0.4) is 0 Å². The lowest BCUT2D eigenvalue weighted by atomic mass is 10.0. The number of carbonyl (C=O) groups is 1. The minimum atomic E-state index is -3.02. The van der Waals surface area contributed by atoms with Gasteiger partial charge in [0, 0.05) is 0 Å². The van der Waals surface area contributed by atoms with Gasteiger partial charge < -0.3 is 9.47 Å². The third-order valence-electron chi connectivity index (χ3n) is 2.30. The summed E-state index contributed by atoms with van der Waals surface area (Å²) in [6, 6.07) is 4.69. The summed E-state index contributed by atoms with van der Waals surface area (Å²) in [6.07, 6.45) is -0.155. The maximum Gasteiger partial charge on any atom is 0.387 e. The summed E-state index contributed by atoms with van der Waals surface area (Å²) >= 11 is 0. The number of rotatable bonds is 5. The molecule has 1 rings (SSSR count). The summed E-state index contributed by atoms with van der Waals surface area (Å²) in [5.41, 5.74) is 0.865.